The number of nitrogens with zero attached hydrogens (tertiary/aromatic N) is 3. The third kappa shape index (κ3) is 3.72. The first-order valence-corrected chi connectivity index (χ1v) is 6.25. The maximum Gasteiger partial charge on any atom is 0.246 e. The molecule has 3 N–H and O–H groups in total. The van der Waals surface area contributed by atoms with Gasteiger partial charge in [0, 0.05) is 5.56 Å². The van der Waals surface area contributed by atoms with Gasteiger partial charge in [0.25, 0.3) is 0 Å². The van der Waals surface area contributed by atoms with E-state index in [2.05, 4.69) is 25.5 Å². The average molecular weight is 305 g/mol. The molecule has 0 spiro atoms. The summed E-state index contributed by atoms with van der Waals surface area (Å²) in [5.74, 6) is 0.924. The predicted molar refractivity (Wildman–Crippen MR) is 77.7 cm³/mol. The maximum absolute atomic E-state index is 11.7. The smallest absolute Gasteiger partial charge is 0.246 e. The minimum absolute atomic E-state index is 0.0774. The fourth-order valence-corrected chi connectivity index (χ4v) is 1.64. The summed E-state index contributed by atoms with van der Waals surface area (Å²) in [6.07, 6.45) is 1.37. The van der Waals surface area contributed by atoms with Gasteiger partial charge >= 0.3 is 0 Å². The number of anilines is 1. The molecule has 0 atom stereocenters. The minimum Gasteiger partial charge on any atom is -0.497 e. The largest absolute Gasteiger partial charge is 0.497 e. The molecule has 116 valence electrons. The highest BCUT2D eigenvalue weighted by molar-refractivity contribution is 5.86. The number of methoxy groups -OCH3 is 2. The number of carbonyl (C=O) groups excluding carboxylic acids is 1. The van der Waals surface area contributed by atoms with Crippen molar-refractivity contribution >= 4 is 17.9 Å². The minimum atomic E-state index is -0.402. The Balaban J connectivity index is 2.00. The van der Waals surface area contributed by atoms with Crippen LogP contribution in [0.4, 0.5) is 5.82 Å². The number of aromatic nitrogens is 2. The number of hydrazone groups is 1. The van der Waals surface area contributed by atoms with Crippen LogP contribution in [0.3, 0.4) is 0 Å². The number of nitrogens with one attached hydrogen (secondary N) is 1. The molecule has 1 aromatic carbocycles. The second kappa shape index (κ2) is 7.07. The number of ether oxygens (including phenoxy) is 2. The van der Waals surface area contributed by atoms with Crippen molar-refractivity contribution in [2.45, 2.75) is 6.42 Å². The van der Waals surface area contributed by atoms with Crippen molar-refractivity contribution < 1.29 is 18.9 Å². The van der Waals surface area contributed by atoms with Crippen LogP contribution in [0.5, 0.6) is 11.5 Å². The topological polar surface area (TPSA) is 125 Å². The number of hydrogen-bond donors (Lipinski definition) is 2. The van der Waals surface area contributed by atoms with Gasteiger partial charge in [-0.05, 0) is 23.4 Å². The molecule has 22 heavy (non-hydrogen) atoms. The molecule has 0 aliphatic rings. The Hall–Kier alpha value is -3.10. The summed E-state index contributed by atoms with van der Waals surface area (Å²) >= 11 is 0. The highest BCUT2D eigenvalue weighted by Gasteiger charge is 2.11. The number of benzene rings is 1. The van der Waals surface area contributed by atoms with Gasteiger partial charge in [-0.25, -0.2) is 10.1 Å². The number of rotatable bonds is 6. The molecule has 0 saturated carbocycles. The molecule has 0 aliphatic heterocycles. The van der Waals surface area contributed by atoms with E-state index in [1.54, 1.807) is 25.3 Å². The van der Waals surface area contributed by atoms with E-state index in [0.29, 0.717) is 17.1 Å². The van der Waals surface area contributed by atoms with Gasteiger partial charge < -0.3 is 15.2 Å². The van der Waals surface area contributed by atoms with Crippen LogP contribution in [0.1, 0.15) is 11.3 Å². The van der Waals surface area contributed by atoms with Crippen LogP contribution < -0.4 is 20.6 Å². The van der Waals surface area contributed by atoms with E-state index in [1.165, 1.54) is 13.3 Å². The molecule has 0 bridgehead atoms. The predicted octanol–water partition coefficient (Wildman–Crippen LogP) is 0.362. The van der Waals surface area contributed by atoms with Crippen LogP contribution in [-0.4, -0.2) is 36.7 Å². The lowest BCUT2D eigenvalue weighted by atomic mass is 10.2. The van der Waals surface area contributed by atoms with E-state index >= 15 is 0 Å². The van der Waals surface area contributed by atoms with E-state index < -0.39 is 5.91 Å². The molecule has 2 aromatic rings. The summed E-state index contributed by atoms with van der Waals surface area (Å²) in [4.78, 5) is 11.7. The van der Waals surface area contributed by atoms with Crippen LogP contribution in [-0.2, 0) is 11.2 Å². The molecule has 0 fully saturated rings. The van der Waals surface area contributed by atoms with Crippen LogP contribution in [0, 0.1) is 0 Å². The number of nitrogens with two attached hydrogens (primary N) is 1. The zero-order chi connectivity index (χ0) is 15.9. The third-order valence-electron chi connectivity index (χ3n) is 2.74. The molecule has 0 aliphatic carbocycles. The van der Waals surface area contributed by atoms with Gasteiger partial charge in [0.05, 0.1) is 26.9 Å². The third-order valence-corrected chi connectivity index (χ3v) is 2.74. The number of hydrogen-bond acceptors (Lipinski definition) is 8. The van der Waals surface area contributed by atoms with Gasteiger partial charge in [-0.15, -0.1) is 0 Å². The first kappa shape index (κ1) is 15.3. The Kier molecular flexibility index (Phi) is 4.91. The zero-order valence-electron chi connectivity index (χ0n) is 12.1. The molecule has 9 heteroatoms. The van der Waals surface area contributed by atoms with Crippen molar-refractivity contribution in [1.82, 2.24) is 15.7 Å². The van der Waals surface area contributed by atoms with Crippen molar-refractivity contribution in [3.05, 3.63) is 29.5 Å². The molecule has 1 amide bonds. The average Bonchev–Trinajstić information content (AvgIpc) is 2.92. The second-order valence-corrected chi connectivity index (χ2v) is 4.17. The highest BCUT2D eigenvalue weighted by Crippen LogP contribution is 2.22. The molecular formula is C13H15N5O4. The first-order valence-electron chi connectivity index (χ1n) is 6.25. The van der Waals surface area contributed by atoms with Crippen LogP contribution >= 0.6 is 0 Å². The second-order valence-electron chi connectivity index (χ2n) is 4.17. The van der Waals surface area contributed by atoms with E-state index in [-0.39, 0.29) is 17.9 Å². The fraction of sp³-hybridized carbons (Fsp3) is 0.231. The quantitative estimate of drug-likeness (QED) is 0.583. The Morgan fingerprint density at radius 1 is 1.41 bits per heavy atom. The normalized spacial score (nSPS) is 10.6. The van der Waals surface area contributed by atoms with E-state index in [0.717, 1.165) is 0 Å². The van der Waals surface area contributed by atoms with Crippen LogP contribution in [0.15, 0.2) is 27.9 Å². The van der Waals surface area contributed by atoms with Gasteiger partial charge in [0.1, 0.15) is 17.2 Å². The van der Waals surface area contributed by atoms with Crippen molar-refractivity contribution in [2.24, 2.45) is 5.10 Å². The molecule has 9 nitrogen and oxygen atoms in total. The summed E-state index contributed by atoms with van der Waals surface area (Å²) in [7, 11) is 3.10. The molecule has 2 rings (SSSR count). The Labute approximate surface area is 126 Å². The van der Waals surface area contributed by atoms with E-state index in [4.69, 9.17) is 15.2 Å². The Morgan fingerprint density at radius 2 is 2.23 bits per heavy atom. The monoisotopic (exact) mass is 305 g/mol. The molecule has 0 radical (unpaired) electrons. The fourth-order valence-electron chi connectivity index (χ4n) is 1.64. The van der Waals surface area contributed by atoms with Crippen molar-refractivity contribution in [1.29, 1.82) is 0 Å². The van der Waals surface area contributed by atoms with Crippen molar-refractivity contribution in [2.75, 3.05) is 20.0 Å². The first-order chi connectivity index (χ1) is 10.6. The standard InChI is InChI=1S/C13H15N5O4/c1-20-9-3-4-11(21-2)8(5-9)7-15-16-12(19)6-10-13(14)18-22-17-10/h3-5,7H,6H2,1-2H3,(H2,14,18)(H,16,19)/b15-7-. The maximum atomic E-state index is 11.7. The summed E-state index contributed by atoms with van der Waals surface area (Å²) < 4.78 is 14.7. The lowest BCUT2D eigenvalue weighted by Crippen LogP contribution is -2.20. The molecule has 1 aromatic heterocycles. The van der Waals surface area contributed by atoms with Gasteiger partial charge in [0.2, 0.25) is 5.91 Å². The van der Waals surface area contributed by atoms with Crippen molar-refractivity contribution in [3.63, 3.8) is 0 Å². The van der Waals surface area contributed by atoms with Crippen LogP contribution in [0.2, 0.25) is 0 Å². The lowest BCUT2D eigenvalue weighted by Gasteiger charge is -2.06. The van der Waals surface area contributed by atoms with Gasteiger partial charge in [-0.2, -0.15) is 5.10 Å². The summed E-state index contributed by atoms with van der Waals surface area (Å²) in [5, 5.41) is 10.7. The van der Waals surface area contributed by atoms with Gasteiger partial charge in [0.15, 0.2) is 5.82 Å². The number of nitrogen functional groups attached to an aromatic ring is 1. The Bertz CT molecular complexity index is 683. The SMILES string of the molecule is COc1ccc(OC)c(/C=N\NC(=O)Cc2nonc2N)c1. The number of amides is 1. The Morgan fingerprint density at radius 3 is 2.86 bits per heavy atom. The zero-order valence-corrected chi connectivity index (χ0v) is 12.1. The lowest BCUT2D eigenvalue weighted by molar-refractivity contribution is -0.120. The summed E-state index contributed by atoms with van der Waals surface area (Å²) in [6.45, 7) is 0. The van der Waals surface area contributed by atoms with Crippen LogP contribution in [0.25, 0.3) is 0 Å². The van der Waals surface area contributed by atoms with Gasteiger partial charge in [-0.3, -0.25) is 4.79 Å². The molecule has 0 saturated heterocycles. The number of carbonyl (C=O) groups is 1. The molecule has 1 heterocycles. The summed E-state index contributed by atoms with van der Waals surface area (Å²) in [6, 6.07) is 5.23. The molecule has 0 unspecified atom stereocenters. The summed E-state index contributed by atoms with van der Waals surface area (Å²) in [5.41, 5.74) is 8.73. The van der Waals surface area contributed by atoms with Gasteiger partial charge in [-0.1, -0.05) is 5.16 Å². The van der Waals surface area contributed by atoms with E-state index in [9.17, 15) is 4.79 Å². The highest BCUT2D eigenvalue weighted by atomic mass is 16.6. The van der Waals surface area contributed by atoms with Crippen molar-refractivity contribution in [3.8, 4) is 11.5 Å². The van der Waals surface area contributed by atoms with E-state index in [1.807, 2.05) is 0 Å². The molecular weight excluding hydrogens is 290 g/mol.